The van der Waals surface area contributed by atoms with Gasteiger partial charge in [0.15, 0.2) is 0 Å². The van der Waals surface area contributed by atoms with E-state index in [4.69, 9.17) is 41.3 Å². The lowest BCUT2D eigenvalue weighted by Crippen LogP contribution is -2.36. The maximum absolute atomic E-state index is 14.0. The van der Waals surface area contributed by atoms with Crippen LogP contribution >= 0.6 is 24.1 Å². The number of ether oxygens (including phenoxy) is 6. The normalized spacial score (nSPS) is 14.2. The molecule has 530 valence electrons. The van der Waals surface area contributed by atoms with E-state index in [0.717, 1.165) is 104 Å². The van der Waals surface area contributed by atoms with Crippen molar-refractivity contribution in [3.63, 3.8) is 0 Å². The van der Waals surface area contributed by atoms with Gasteiger partial charge in [-0.25, -0.2) is 4.79 Å². The minimum atomic E-state index is -1.97. The summed E-state index contributed by atoms with van der Waals surface area (Å²) in [5.74, 6) is 3.84. The summed E-state index contributed by atoms with van der Waals surface area (Å²) in [6.07, 6.45) is -0.341. The average Bonchev–Trinajstić information content (AvgIpc) is 1.20. The van der Waals surface area contributed by atoms with E-state index in [-0.39, 0.29) is 23.6 Å². The Balaban J connectivity index is 0.000000172. The third-order valence-electron chi connectivity index (χ3n) is 19.7. The molecule has 0 aliphatic carbocycles. The molecule has 15 aromatic rings. The largest absolute Gasteiger partial charge is 0.496 e. The van der Waals surface area contributed by atoms with Gasteiger partial charge in [0, 0.05) is 64.3 Å². The van der Waals surface area contributed by atoms with E-state index in [9.17, 15) is 4.79 Å². The number of benzene rings is 14. The van der Waals surface area contributed by atoms with Gasteiger partial charge in [-0.1, -0.05) is 249 Å². The molecular formula is C92H82NO10P3. The highest BCUT2D eigenvalue weighted by Gasteiger charge is 2.49. The van der Waals surface area contributed by atoms with E-state index >= 15 is 0 Å². The summed E-state index contributed by atoms with van der Waals surface area (Å²) in [7, 11) is 4.19. The predicted molar refractivity (Wildman–Crippen MR) is 439 cm³/mol. The fourth-order valence-corrected chi connectivity index (χ4v) is 22.0. The third-order valence-corrected chi connectivity index (χ3v) is 26.2. The molecule has 1 aromatic heterocycles. The van der Waals surface area contributed by atoms with E-state index in [1.165, 1.54) is 26.7 Å². The number of amides is 1. The van der Waals surface area contributed by atoms with Crippen molar-refractivity contribution in [2.45, 2.75) is 44.9 Å². The Morgan fingerprint density at radius 1 is 0.453 bits per heavy atom. The molecule has 1 amide bonds. The lowest BCUT2D eigenvalue weighted by molar-refractivity contribution is 0.0287. The first-order valence-electron chi connectivity index (χ1n) is 35.5. The minimum absolute atomic E-state index is 0.0814. The van der Waals surface area contributed by atoms with E-state index < -0.39 is 29.7 Å². The zero-order valence-corrected chi connectivity index (χ0v) is 63.4. The van der Waals surface area contributed by atoms with Gasteiger partial charge in [-0.15, -0.1) is 0 Å². The molecule has 106 heavy (non-hydrogen) atoms. The van der Waals surface area contributed by atoms with E-state index in [1.807, 2.05) is 56.9 Å². The van der Waals surface area contributed by atoms with Crippen LogP contribution in [0, 0.1) is 12.8 Å². The second kappa shape index (κ2) is 30.9. The number of nitrogens with zero attached hydrogens (tertiary/aromatic N) is 1. The van der Waals surface area contributed by atoms with Gasteiger partial charge in [0.2, 0.25) is 0 Å². The van der Waals surface area contributed by atoms with Gasteiger partial charge >= 0.3 is 14.3 Å². The maximum atomic E-state index is 14.0. The Kier molecular flexibility index (Phi) is 20.6. The van der Waals surface area contributed by atoms with Crippen LogP contribution in [-0.2, 0) is 4.74 Å². The standard InChI is InChI=1S/C52H34O3P2.C40H48NO7P/c1-3-19-39(20-4-1)56(40-21-5-2-6-22-40)48-34-30-38-18-10-14-26-44(38)52(48)51-43-25-13-9-17-37(43)29-33-47(51)55-57-53-45-31-27-35-15-7-11-23-41(35)49(45)50-42-24-12-8-16-36(42)28-32-46(50)54-57;1-26-20-31(44-6)37(32(21-26)45-7)36(27-16-12-10-13-17-27)30-24-41(39(42)48-40(2,3)4)25-35(30)49(29-18-14-11-15-19-29)38-33(46-8)22-28(43-5)23-34(38)47-9/h1-34H;10-23,30,35-36H,24-25H2,1-9H3/t;30-,35-,36?,49+/m.1/s1. The second-order valence-electron chi connectivity index (χ2n) is 27.3. The fraction of sp³-hybridized carbons (Fsp3) is 0.163. The average molecular weight is 1450 g/mol. The summed E-state index contributed by atoms with van der Waals surface area (Å²) >= 11 is 0. The molecule has 1 aliphatic rings. The highest BCUT2D eigenvalue weighted by atomic mass is 31.1. The van der Waals surface area contributed by atoms with Gasteiger partial charge in [-0.3, -0.25) is 0 Å². The molecule has 0 saturated carbocycles. The first-order valence-corrected chi connectivity index (χ1v) is 39.4. The molecule has 0 bridgehead atoms. The Morgan fingerprint density at radius 3 is 1.38 bits per heavy atom. The number of carbonyl (C=O) groups excluding carboxylic acids is 1. The first-order chi connectivity index (χ1) is 51.8. The van der Waals surface area contributed by atoms with Crippen LogP contribution in [0.3, 0.4) is 0 Å². The number of rotatable bonds is 17. The first kappa shape index (κ1) is 70.6. The molecule has 0 spiro atoms. The molecule has 1 aliphatic heterocycles. The van der Waals surface area contributed by atoms with Crippen molar-refractivity contribution in [2.75, 3.05) is 48.6 Å². The number of methoxy groups -OCH3 is 5. The van der Waals surface area contributed by atoms with Crippen molar-refractivity contribution in [1.82, 2.24) is 4.90 Å². The van der Waals surface area contributed by atoms with Crippen molar-refractivity contribution in [1.29, 1.82) is 0 Å². The molecule has 4 atom stereocenters. The highest BCUT2D eigenvalue weighted by molar-refractivity contribution is 7.80. The highest BCUT2D eigenvalue weighted by Crippen LogP contribution is 2.58. The van der Waals surface area contributed by atoms with Gasteiger partial charge in [-0.2, -0.15) is 0 Å². The van der Waals surface area contributed by atoms with Crippen molar-refractivity contribution >= 4 is 122 Å². The Hall–Kier alpha value is -11.1. The predicted octanol–water partition coefficient (Wildman–Crippen LogP) is 21.7. The summed E-state index contributed by atoms with van der Waals surface area (Å²) in [6.45, 7) is 8.63. The van der Waals surface area contributed by atoms with Crippen molar-refractivity contribution < 1.29 is 46.1 Å². The van der Waals surface area contributed by atoms with Crippen LogP contribution in [0.4, 0.5) is 4.79 Å². The molecule has 1 fully saturated rings. The van der Waals surface area contributed by atoms with E-state index in [2.05, 4.69) is 267 Å². The van der Waals surface area contributed by atoms with Crippen LogP contribution in [0.15, 0.2) is 300 Å². The molecular weight excluding hydrogens is 1370 g/mol. The Bertz CT molecular complexity index is 5550. The van der Waals surface area contributed by atoms with Gasteiger partial charge < -0.3 is 46.2 Å². The summed E-state index contributed by atoms with van der Waals surface area (Å²) in [6, 6.07) is 102. The number of aryl methyl sites for hydroxylation is 1. The molecule has 1 unspecified atom stereocenters. The molecule has 0 N–H and O–H groups in total. The van der Waals surface area contributed by atoms with E-state index in [1.54, 1.807) is 35.5 Å². The molecule has 1 saturated heterocycles. The van der Waals surface area contributed by atoms with Crippen molar-refractivity contribution in [3.8, 4) is 45.6 Å². The van der Waals surface area contributed by atoms with Gasteiger partial charge in [0.05, 0.1) is 40.9 Å². The van der Waals surface area contributed by atoms with Crippen LogP contribution in [0.25, 0.3) is 76.2 Å². The van der Waals surface area contributed by atoms with Gasteiger partial charge in [-0.05, 0) is 155 Å². The summed E-state index contributed by atoms with van der Waals surface area (Å²) in [5.41, 5.74) is 5.99. The monoisotopic (exact) mass is 1450 g/mol. The van der Waals surface area contributed by atoms with Crippen LogP contribution in [0.1, 0.15) is 43.4 Å². The summed E-state index contributed by atoms with van der Waals surface area (Å²) < 4.78 is 57.1. The van der Waals surface area contributed by atoms with Crippen LogP contribution in [-0.4, -0.2) is 70.9 Å². The Morgan fingerprint density at radius 2 is 0.887 bits per heavy atom. The molecule has 2 heterocycles. The second-order valence-corrected chi connectivity index (χ2v) is 32.9. The van der Waals surface area contributed by atoms with Gasteiger partial charge in [0.1, 0.15) is 51.3 Å². The lowest BCUT2D eigenvalue weighted by Gasteiger charge is -2.36. The number of hydrogen-bond donors (Lipinski definition) is 0. The molecule has 16 rings (SSSR count). The third kappa shape index (κ3) is 14.1. The SMILES string of the molecule is COc1cc(OC)c([P@@](c2ccccc2)[C@@H]2CN(C(=O)OC(C)(C)C)C[C@H]2C(c2ccccc2)c2c(OC)cc(C)cc2OC)c(OC)c1.c1ccc(P(c2ccccc2)c2ccc3ccccc3c2-c2c(Op3oc4ccc5ccccc5c4c4c(ccc5ccccc54)o3)ccc3ccccc23)cc1. The van der Waals surface area contributed by atoms with Gasteiger partial charge in [0.25, 0.3) is 0 Å². The maximum Gasteiger partial charge on any atom is 0.453 e. The Labute approximate surface area is 622 Å². The van der Waals surface area contributed by atoms with E-state index in [0.29, 0.717) is 36.1 Å². The van der Waals surface area contributed by atoms with Crippen molar-refractivity contribution in [3.05, 3.63) is 308 Å². The zero-order chi connectivity index (χ0) is 73.0. The minimum Gasteiger partial charge on any atom is -0.496 e. The lowest BCUT2D eigenvalue weighted by atomic mass is 9.78. The van der Waals surface area contributed by atoms with Crippen LogP contribution in [0.5, 0.6) is 34.5 Å². The quantitative estimate of drug-likeness (QED) is 0.0817. The van der Waals surface area contributed by atoms with Crippen LogP contribution in [0.2, 0.25) is 0 Å². The molecule has 14 heteroatoms. The summed E-state index contributed by atoms with van der Waals surface area (Å²) in [5, 5.41) is 17.0. The van der Waals surface area contributed by atoms with Crippen LogP contribution < -0.4 is 54.7 Å². The topological polar surface area (TPSA) is 111 Å². The molecule has 0 radical (unpaired) electrons. The molecule has 14 aromatic carbocycles. The number of likely N-dealkylation sites (tertiary alicyclic amines) is 1. The number of hydrogen-bond acceptors (Lipinski definition) is 10. The zero-order valence-electron chi connectivity index (χ0n) is 60.7. The smallest absolute Gasteiger partial charge is 0.453 e. The fourth-order valence-electron chi connectivity index (χ4n) is 15.2. The van der Waals surface area contributed by atoms with Crippen molar-refractivity contribution in [2.24, 2.45) is 5.92 Å². The summed E-state index contributed by atoms with van der Waals surface area (Å²) in [4.78, 5) is 15.8. The number of carbonyl (C=O) groups is 1. The molecule has 11 nitrogen and oxygen atoms in total. The number of fused-ring (bicyclic) bond motifs is 9.